The first-order valence-electron chi connectivity index (χ1n) is 3.37. The van der Waals surface area contributed by atoms with Crippen LogP contribution in [-0.2, 0) is 0 Å². The van der Waals surface area contributed by atoms with Crippen LogP contribution in [0.3, 0.4) is 0 Å². The molecule has 72 valence electrons. The molecule has 0 amide bonds. The van der Waals surface area contributed by atoms with Gasteiger partial charge in [-0.2, -0.15) is 0 Å². The molecule has 0 aliphatic carbocycles. The highest BCUT2D eigenvalue weighted by atomic mass is 19.3. The van der Waals surface area contributed by atoms with Gasteiger partial charge in [0.1, 0.15) is 0 Å². The molecule has 0 aliphatic rings. The quantitative estimate of drug-likeness (QED) is 0.657. The maximum atomic E-state index is 12.8. The zero-order valence-corrected chi connectivity index (χ0v) is 6.65. The minimum Gasteiger partial charge on any atom is -0.491 e. The third-order valence-corrected chi connectivity index (χ3v) is 1.48. The normalized spacial score (nSPS) is 10.6. The first-order valence-corrected chi connectivity index (χ1v) is 3.37. The topological polar surface area (TPSA) is 9.23 Å². The van der Waals surface area contributed by atoms with E-state index in [1.54, 1.807) is 0 Å². The molecule has 0 N–H and O–H groups in total. The van der Waals surface area contributed by atoms with Gasteiger partial charge in [0.2, 0.25) is 0 Å². The van der Waals surface area contributed by atoms with Gasteiger partial charge in [0, 0.05) is 5.56 Å². The molecule has 1 rings (SSSR count). The van der Waals surface area contributed by atoms with E-state index in [0.717, 1.165) is 7.11 Å². The van der Waals surface area contributed by atoms with E-state index < -0.39 is 29.4 Å². The van der Waals surface area contributed by atoms with E-state index in [0.29, 0.717) is 12.1 Å². The summed E-state index contributed by atoms with van der Waals surface area (Å²) in [7, 11) is 1.06. The standard InChI is InChI=1S/C8H6F4O/c1-13-7-5(9)2-4(8(11)12)3-6(7)10/h2-3,8H,1H3. The Labute approximate surface area is 71.9 Å². The predicted molar refractivity (Wildman–Crippen MR) is 37.9 cm³/mol. The van der Waals surface area contributed by atoms with Gasteiger partial charge >= 0.3 is 0 Å². The third-order valence-electron chi connectivity index (χ3n) is 1.48. The van der Waals surface area contributed by atoms with Crippen molar-refractivity contribution in [1.82, 2.24) is 0 Å². The van der Waals surface area contributed by atoms with Crippen molar-refractivity contribution in [2.75, 3.05) is 7.11 Å². The van der Waals surface area contributed by atoms with Crippen LogP contribution < -0.4 is 4.74 Å². The Morgan fingerprint density at radius 1 is 1.15 bits per heavy atom. The van der Waals surface area contributed by atoms with Crippen molar-refractivity contribution < 1.29 is 22.3 Å². The fraction of sp³-hybridized carbons (Fsp3) is 0.250. The van der Waals surface area contributed by atoms with E-state index in [1.165, 1.54) is 0 Å². The molecule has 0 bridgehead atoms. The van der Waals surface area contributed by atoms with E-state index >= 15 is 0 Å². The molecule has 0 aliphatic heterocycles. The Morgan fingerprint density at radius 3 is 1.92 bits per heavy atom. The van der Waals surface area contributed by atoms with E-state index in [4.69, 9.17) is 0 Å². The average Bonchev–Trinajstić information content (AvgIpc) is 2.03. The summed E-state index contributed by atoms with van der Waals surface area (Å²) in [6.07, 6.45) is -2.89. The summed E-state index contributed by atoms with van der Waals surface area (Å²) >= 11 is 0. The molecule has 0 fully saturated rings. The first-order chi connectivity index (χ1) is 6.06. The van der Waals surface area contributed by atoms with Crippen LogP contribution in [0.2, 0.25) is 0 Å². The molecule has 0 spiro atoms. The SMILES string of the molecule is COc1c(F)cc(C(F)F)cc1F. The number of ether oxygens (including phenoxy) is 1. The summed E-state index contributed by atoms with van der Waals surface area (Å²) < 4.78 is 53.8. The summed E-state index contributed by atoms with van der Waals surface area (Å²) in [6.45, 7) is 0. The average molecular weight is 194 g/mol. The molecule has 13 heavy (non-hydrogen) atoms. The van der Waals surface area contributed by atoms with Crippen molar-refractivity contribution in [2.24, 2.45) is 0 Å². The van der Waals surface area contributed by atoms with Crippen LogP contribution in [0.15, 0.2) is 12.1 Å². The molecule has 5 heteroatoms. The zero-order chi connectivity index (χ0) is 10.0. The summed E-state index contributed by atoms with van der Waals surface area (Å²) in [6, 6.07) is 1.10. The Morgan fingerprint density at radius 2 is 1.62 bits per heavy atom. The van der Waals surface area contributed by atoms with Crippen LogP contribution in [0.25, 0.3) is 0 Å². The number of rotatable bonds is 2. The Bertz CT molecular complexity index is 288. The summed E-state index contributed by atoms with van der Waals surface area (Å²) in [5.74, 6) is -2.90. The van der Waals surface area contributed by atoms with Crippen LogP contribution in [0.5, 0.6) is 5.75 Å². The maximum Gasteiger partial charge on any atom is 0.264 e. The minimum absolute atomic E-state index is 0.548. The second-order valence-corrected chi connectivity index (χ2v) is 2.32. The summed E-state index contributed by atoms with van der Waals surface area (Å²) in [5.41, 5.74) is -0.698. The third kappa shape index (κ3) is 1.91. The first kappa shape index (κ1) is 9.83. The van der Waals surface area contributed by atoms with Crippen molar-refractivity contribution in [1.29, 1.82) is 0 Å². The van der Waals surface area contributed by atoms with Crippen LogP contribution in [0.1, 0.15) is 12.0 Å². The molecule has 0 saturated heterocycles. The summed E-state index contributed by atoms with van der Waals surface area (Å²) in [5, 5.41) is 0. The molecule has 0 unspecified atom stereocenters. The smallest absolute Gasteiger partial charge is 0.264 e. The summed E-state index contributed by atoms with van der Waals surface area (Å²) in [4.78, 5) is 0. The van der Waals surface area contributed by atoms with E-state index in [1.807, 2.05) is 0 Å². The lowest BCUT2D eigenvalue weighted by atomic mass is 10.2. The number of alkyl halides is 2. The Kier molecular flexibility index (Phi) is 2.75. The molecule has 0 saturated carbocycles. The number of hydrogen-bond donors (Lipinski definition) is 0. The van der Waals surface area contributed by atoms with Crippen LogP contribution in [0, 0.1) is 11.6 Å². The largest absolute Gasteiger partial charge is 0.491 e. The van der Waals surface area contributed by atoms with Crippen molar-refractivity contribution in [3.63, 3.8) is 0 Å². The van der Waals surface area contributed by atoms with E-state index in [9.17, 15) is 17.6 Å². The minimum atomic E-state index is -2.89. The molecule has 0 aromatic heterocycles. The molecule has 0 radical (unpaired) electrons. The predicted octanol–water partition coefficient (Wildman–Crippen LogP) is 2.91. The molecular formula is C8H6F4O. The van der Waals surface area contributed by atoms with Crippen molar-refractivity contribution in [3.8, 4) is 5.75 Å². The molecule has 1 aromatic rings. The highest BCUT2D eigenvalue weighted by Crippen LogP contribution is 2.27. The van der Waals surface area contributed by atoms with Gasteiger partial charge in [-0.25, -0.2) is 17.6 Å². The fourth-order valence-electron chi connectivity index (χ4n) is 0.900. The van der Waals surface area contributed by atoms with Crippen LogP contribution in [-0.4, -0.2) is 7.11 Å². The van der Waals surface area contributed by atoms with Gasteiger partial charge in [0.15, 0.2) is 17.4 Å². The highest BCUT2D eigenvalue weighted by Gasteiger charge is 2.16. The van der Waals surface area contributed by atoms with Gasteiger partial charge in [-0.3, -0.25) is 0 Å². The molecule has 0 atom stereocenters. The maximum absolute atomic E-state index is 12.8. The lowest BCUT2D eigenvalue weighted by Crippen LogP contribution is -1.95. The van der Waals surface area contributed by atoms with Gasteiger partial charge in [0.05, 0.1) is 7.11 Å². The van der Waals surface area contributed by atoms with Gasteiger partial charge in [-0.15, -0.1) is 0 Å². The van der Waals surface area contributed by atoms with Crippen molar-refractivity contribution in [2.45, 2.75) is 6.43 Å². The van der Waals surface area contributed by atoms with Crippen LogP contribution >= 0.6 is 0 Å². The monoisotopic (exact) mass is 194 g/mol. The van der Waals surface area contributed by atoms with Gasteiger partial charge in [-0.1, -0.05) is 0 Å². The Hall–Kier alpha value is -1.26. The molecule has 0 heterocycles. The fourth-order valence-corrected chi connectivity index (χ4v) is 0.900. The Balaban J connectivity index is 3.20. The van der Waals surface area contributed by atoms with E-state index in [-0.39, 0.29) is 0 Å². The van der Waals surface area contributed by atoms with Crippen LogP contribution in [0.4, 0.5) is 17.6 Å². The second kappa shape index (κ2) is 3.64. The lowest BCUT2D eigenvalue weighted by Gasteiger charge is -2.05. The van der Waals surface area contributed by atoms with Crippen molar-refractivity contribution in [3.05, 3.63) is 29.3 Å². The number of methoxy groups -OCH3 is 1. The van der Waals surface area contributed by atoms with E-state index in [2.05, 4.69) is 4.74 Å². The molecular weight excluding hydrogens is 188 g/mol. The molecule has 1 nitrogen and oxygen atoms in total. The lowest BCUT2D eigenvalue weighted by molar-refractivity contribution is 0.150. The van der Waals surface area contributed by atoms with Crippen molar-refractivity contribution >= 4 is 0 Å². The second-order valence-electron chi connectivity index (χ2n) is 2.32. The van der Waals surface area contributed by atoms with Gasteiger partial charge in [-0.05, 0) is 12.1 Å². The zero-order valence-electron chi connectivity index (χ0n) is 6.65. The number of benzene rings is 1. The van der Waals surface area contributed by atoms with Gasteiger partial charge in [0.25, 0.3) is 6.43 Å². The van der Waals surface area contributed by atoms with Gasteiger partial charge < -0.3 is 4.74 Å². The number of hydrogen-bond acceptors (Lipinski definition) is 1. The number of halogens is 4. The highest BCUT2D eigenvalue weighted by molar-refractivity contribution is 5.31. The molecule has 1 aromatic carbocycles.